The van der Waals surface area contributed by atoms with Gasteiger partial charge in [-0.2, -0.15) is 0 Å². The van der Waals surface area contributed by atoms with Crippen molar-refractivity contribution < 1.29 is 9.90 Å². The van der Waals surface area contributed by atoms with Crippen LogP contribution in [0.4, 0.5) is 0 Å². The summed E-state index contributed by atoms with van der Waals surface area (Å²) < 4.78 is 1.90. The summed E-state index contributed by atoms with van der Waals surface area (Å²) in [5.74, 6) is -0.0958. The highest BCUT2D eigenvalue weighted by molar-refractivity contribution is 5.99. The van der Waals surface area contributed by atoms with E-state index in [-0.39, 0.29) is 18.1 Å². The summed E-state index contributed by atoms with van der Waals surface area (Å²) in [4.78, 5) is 12.5. The van der Waals surface area contributed by atoms with E-state index < -0.39 is 0 Å². The molecule has 1 unspecified atom stereocenters. The summed E-state index contributed by atoms with van der Waals surface area (Å²) in [6.45, 7) is 4.04. The quantitative estimate of drug-likeness (QED) is 0.880. The first-order valence-electron chi connectivity index (χ1n) is 6.98. The molecule has 0 aliphatic heterocycles. The number of aliphatic hydroxyl groups is 1. The molecule has 108 valence electrons. The second-order valence-electron chi connectivity index (χ2n) is 5.49. The highest BCUT2D eigenvalue weighted by Crippen LogP contribution is 2.20. The van der Waals surface area contributed by atoms with Crippen LogP contribution in [0.1, 0.15) is 37.2 Å². The molecule has 2 N–H and O–H groups in total. The van der Waals surface area contributed by atoms with Gasteiger partial charge in [-0.25, -0.2) is 0 Å². The molecule has 2 rings (SSSR count). The number of rotatable bonds is 5. The number of amides is 1. The first kappa shape index (κ1) is 14.6. The lowest BCUT2D eigenvalue weighted by atomic mass is 9.95. The highest BCUT2D eigenvalue weighted by atomic mass is 16.3. The Kier molecular flexibility index (Phi) is 4.14. The number of aryl methyl sites for hydroxylation is 1. The van der Waals surface area contributed by atoms with Gasteiger partial charge in [0.1, 0.15) is 5.69 Å². The van der Waals surface area contributed by atoms with Gasteiger partial charge in [0.2, 0.25) is 0 Å². The van der Waals surface area contributed by atoms with Crippen LogP contribution in [0.3, 0.4) is 0 Å². The zero-order valence-corrected chi connectivity index (χ0v) is 12.3. The van der Waals surface area contributed by atoms with Gasteiger partial charge in [0.25, 0.3) is 5.91 Å². The van der Waals surface area contributed by atoms with Crippen LogP contribution < -0.4 is 5.32 Å². The molecule has 0 radical (unpaired) electrons. The van der Waals surface area contributed by atoms with Gasteiger partial charge in [-0.1, -0.05) is 25.1 Å². The van der Waals surface area contributed by atoms with Gasteiger partial charge in [0.15, 0.2) is 0 Å². The van der Waals surface area contributed by atoms with E-state index in [2.05, 4.69) is 5.32 Å². The van der Waals surface area contributed by atoms with E-state index in [1.165, 1.54) is 0 Å². The predicted molar refractivity (Wildman–Crippen MR) is 80.8 cm³/mol. The number of nitrogens with one attached hydrogen (secondary N) is 1. The van der Waals surface area contributed by atoms with Crippen molar-refractivity contribution in [2.45, 2.75) is 32.2 Å². The third-order valence-electron chi connectivity index (χ3n) is 4.04. The maximum absolute atomic E-state index is 12.5. The SMILES string of the molecule is CCC(C)(CCO)NC(=O)c1cc2ccccc2n1C. The van der Waals surface area contributed by atoms with Gasteiger partial charge < -0.3 is 15.0 Å². The fourth-order valence-corrected chi connectivity index (χ4v) is 2.42. The smallest absolute Gasteiger partial charge is 0.268 e. The molecule has 1 atom stereocenters. The number of carbonyl (C=O) groups is 1. The average Bonchev–Trinajstić information content (AvgIpc) is 2.77. The van der Waals surface area contributed by atoms with Gasteiger partial charge in [0.05, 0.1) is 0 Å². The number of fused-ring (bicyclic) bond motifs is 1. The first-order chi connectivity index (χ1) is 9.50. The van der Waals surface area contributed by atoms with Crippen molar-refractivity contribution in [2.75, 3.05) is 6.61 Å². The number of nitrogens with zero attached hydrogens (tertiary/aromatic N) is 1. The number of carbonyl (C=O) groups excluding carboxylic acids is 1. The van der Waals surface area contributed by atoms with Crippen molar-refractivity contribution in [1.29, 1.82) is 0 Å². The van der Waals surface area contributed by atoms with Gasteiger partial charge >= 0.3 is 0 Å². The molecule has 0 saturated heterocycles. The number of hydrogen-bond acceptors (Lipinski definition) is 2. The van der Waals surface area contributed by atoms with Crippen LogP contribution in [-0.4, -0.2) is 27.7 Å². The Morgan fingerprint density at radius 2 is 2.10 bits per heavy atom. The minimum Gasteiger partial charge on any atom is -0.396 e. The van der Waals surface area contributed by atoms with E-state index >= 15 is 0 Å². The monoisotopic (exact) mass is 274 g/mol. The molecular weight excluding hydrogens is 252 g/mol. The topological polar surface area (TPSA) is 54.3 Å². The fourth-order valence-electron chi connectivity index (χ4n) is 2.42. The lowest BCUT2D eigenvalue weighted by molar-refractivity contribution is 0.0878. The number of hydrogen-bond donors (Lipinski definition) is 2. The van der Waals surface area contributed by atoms with Crippen LogP contribution >= 0.6 is 0 Å². The van der Waals surface area contributed by atoms with E-state index in [4.69, 9.17) is 5.11 Å². The van der Waals surface area contributed by atoms with Crippen LogP contribution in [0.2, 0.25) is 0 Å². The molecule has 1 amide bonds. The standard InChI is InChI=1S/C16H22N2O2/c1-4-16(2,9-10-19)17-15(20)14-11-12-7-5-6-8-13(12)18(14)3/h5-8,11,19H,4,9-10H2,1-3H3,(H,17,20). The normalized spacial score (nSPS) is 14.2. The predicted octanol–water partition coefficient (Wildman–Crippen LogP) is 2.46. The minimum atomic E-state index is -0.373. The molecule has 0 aliphatic rings. The summed E-state index contributed by atoms with van der Waals surface area (Å²) in [7, 11) is 1.90. The van der Waals surface area contributed by atoms with E-state index in [9.17, 15) is 4.79 Å². The molecule has 0 saturated carbocycles. The number of benzene rings is 1. The Balaban J connectivity index is 2.29. The molecule has 4 nitrogen and oxygen atoms in total. The summed E-state index contributed by atoms with van der Waals surface area (Å²) >= 11 is 0. The lowest BCUT2D eigenvalue weighted by Gasteiger charge is -2.29. The number of para-hydroxylation sites is 1. The largest absolute Gasteiger partial charge is 0.396 e. The van der Waals surface area contributed by atoms with E-state index in [0.29, 0.717) is 12.1 Å². The Bertz CT molecular complexity index is 618. The summed E-state index contributed by atoms with van der Waals surface area (Å²) in [5, 5.41) is 13.2. The third kappa shape index (κ3) is 2.70. The van der Waals surface area contributed by atoms with E-state index in [1.54, 1.807) is 0 Å². The first-order valence-corrected chi connectivity index (χ1v) is 6.98. The number of aromatic nitrogens is 1. The van der Waals surface area contributed by atoms with Crippen molar-refractivity contribution in [3.63, 3.8) is 0 Å². The second-order valence-corrected chi connectivity index (χ2v) is 5.49. The minimum absolute atomic E-state index is 0.0692. The third-order valence-corrected chi connectivity index (χ3v) is 4.04. The maximum atomic E-state index is 12.5. The Morgan fingerprint density at radius 3 is 2.70 bits per heavy atom. The lowest BCUT2D eigenvalue weighted by Crippen LogP contribution is -2.46. The van der Waals surface area contributed by atoms with Crippen molar-refractivity contribution in [3.8, 4) is 0 Å². The molecule has 0 spiro atoms. The molecule has 20 heavy (non-hydrogen) atoms. The summed E-state index contributed by atoms with van der Waals surface area (Å²) in [6.07, 6.45) is 1.34. The zero-order chi connectivity index (χ0) is 14.8. The Labute approximate surface area is 119 Å². The van der Waals surface area contributed by atoms with Crippen LogP contribution in [0.5, 0.6) is 0 Å². The van der Waals surface area contributed by atoms with Crippen molar-refractivity contribution >= 4 is 16.8 Å². The van der Waals surface area contributed by atoms with E-state index in [0.717, 1.165) is 17.3 Å². The zero-order valence-electron chi connectivity index (χ0n) is 12.3. The molecule has 0 bridgehead atoms. The highest BCUT2D eigenvalue weighted by Gasteiger charge is 2.25. The van der Waals surface area contributed by atoms with Crippen LogP contribution in [0.25, 0.3) is 10.9 Å². The van der Waals surface area contributed by atoms with Crippen molar-refractivity contribution in [2.24, 2.45) is 7.05 Å². The van der Waals surface area contributed by atoms with Crippen molar-refractivity contribution in [1.82, 2.24) is 9.88 Å². The van der Waals surface area contributed by atoms with Crippen LogP contribution in [0, 0.1) is 0 Å². The van der Waals surface area contributed by atoms with Gasteiger partial charge in [-0.3, -0.25) is 4.79 Å². The summed E-state index contributed by atoms with van der Waals surface area (Å²) in [5.41, 5.74) is 1.31. The Morgan fingerprint density at radius 1 is 1.40 bits per heavy atom. The molecule has 1 aromatic heterocycles. The second kappa shape index (κ2) is 5.67. The molecule has 1 heterocycles. The molecule has 1 aromatic carbocycles. The van der Waals surface area contributed by atoms with Crippen molar-refractivity contribution in [3.05, 3.63) is 36.0 Å². The fraction of sp³-hybridized carbons (Fsp3) is 0.438. The summed E-state index contributed by atoms with van der Waals surface area (Å²) in [6, 6.07) is 9.83. The molecular formula is C16H22N2O2. The average molecular weight is 274 g/mol. The maximum Gasteiger partial charge on any atom is 0.268 e. The van der Waals surface area contributed by atoms with Gasteiger partial charge in [-0.15, -0.1) is 0 Å². The number of aliphatic hydroxyl groups excluding tert-OH is 1. The Hall–Kier alpha value is -1.81. The molecule has 0 fully saturated rings. The van der Waals surface area contributed by atoms with Gasteiger partial charge in [-0.05, 0) is 31.9 Å². The van der Waals surface area contributed by atoms with Gasteiger partial charge in [0, 0.05) is 30.1 Å². The molecule has 4 heteroatoms. The molecule has 0 aliphatic carbocycles. The molecule has 2 aromatic rings. The van der Waals surface area contributed by atoms with Crippen LogP contribution in [0.15, 0.2) is 30.3 Å². The van der Waals surface area contributed by atoms with Crippen LogP contribution in [-0.2, 0) is 7.05 Å². The van der Waals surface area contributed by atoms with E-state index in [1.807, 2.05) is 55.8 Å².